The molecule has 1 amide bonds. The van der Waals surface area contributed by atoms with Crippen LogP contribution in [-0.4, -0.2) is 44.6 Å². The smallest absolute Gasteiger partial charge is 0.245 e. The maximum atomic E-state index is 12.6. The molecule has 1 aromatic rings. The van der Waals surface area contributed by atoms with Gasteiger partial charge in [-0.15, -0.1) is 0 Å². The van der Waals surface area contributed by atoms with Crippen molar-refractivity contribution in [3.05, 3.63) is 23.8 Å². The van der Waals surface area contributed by atoms with Crippen molar-refractivity contribution in [1.82, 2.24) is 16.0 Å². The zero-order chi connectivity index (χ0) is 23.5. The molecular formula is C24H37N3O4S. The van der Waals surface area contributed by atoms with E-state index in [2.05, 4.69) is 29.8 Å². The maximum absolute atomic E-state index is 12.6. The van der Waals surface area contributed by atoms with Gasteiger partial charge in [0, 0.05) is 12.1 Å². The van der Waals surface area contributed by atoms with E-state index in [0.717, 1.165) is 24.8 Å². The summed E-state index contributed by atoms with van der Waals surface area (Å²) in [5, 5.41) is 10.3. The van der Waals surface area contributed by atoms with E-state index in [1.54, 1.807) is 39.5 Å². The molecule has 0 bridgehead atoms. The van der Waals surface area contributed by atoms with Gasteiger partial charge in [0.2, 0.25) is 11.7 Å². The second kappa shape index (κ2) is 13.2. The number of carbonyl (C=O) groups excluding carboxylic acids is 1. The summed E-state index contributed by atoms with van der Waals surface area (Å²) < 4.78 is 16.1. The number of hydrogen-bond acceptors (Lipinski definition) is 5. The first-order chi connectivity index (χ1) is 15.4. The van der Waals surface area contributed by atoms with Crippen LogP contribution in [0.5, 0.6) is 17.2 Å². The molecule has 0 heterocycles. The quantitative estimate of drug-likeness (QED) is 0.275. The molecule has 8 heteroatoms. The number of rotatable bonds is 10. The van der Waals surface area contributed by atoms with Crippen LogP contribution >= 0.6 is 12.2 Å². The van der Waals surface area contributed by atoms with Crippen LogP contribution < -0.4 is 30.2 Å². The topological polar surface area (TPSA) is 80.9 Å². The van der Waals surface area contributed by atoms with Gasteiger partial charge in [0.25, 0.3) is 0 Å². The zero-order valence-corrected chi connectivity index (χ0v) is 20.6. The van der Waals surface area contributed by atoms with E-state index in [1.807, 2.05) is 0 Å². The molecule has 1 unspecified atom stereocenters. The summed E-state index contributed by atoms with van der Waals surface area (Å²) in [5.41, 5.74) is 0.762. The molecule has 32 heavy (non-hydrogen) atoms. The fourth-order valence-corrected chi connectivity index (χ4v) is 4.16. The number of methoxy groups -OCH3 is 3. The van der Waals surface area contributed by atoms with Gasteiger partial charge in [0.15, 0.2) is 16.6 Å². The SMILES string of the molecule is COc1cc(C=CC(=O)NC(CC(C)C)NC(=S)NC2CCCCC2)cc(OC)c1OC. The van der Waals surface area contributed by atoms with E-state index < -0.39 is 0 Å². The van der Waals surface area contributed by atoms with E-state index in [4.69, 9.17) is 26.4 Å². The van der Waals surface area contributed by atoms with Gasteiger partial charge >= 0.3 is 0 Å². The minimum absolute atomic E-state index is 0.211. The lowest BCUT2D eigenvalue weighted by Crippen LogP contribution is -2.53. The Morgan fingerprint density at radius 1 is 1.06 bits per heavy atom. The average molecular weight is 464 g/mol. The highest BCUT2D eigenvalue weighted by Crippen LogP contribution is 2.38. The fraction of sp³-hybridized carbons (Fsp3) is 0.583. The molecule has 0 aromatic heterocycles. The van der Waals surface area contributed by atoms with Crippen molar-refractivity contribution in [2.45, 2.75) is 64.6 Å². The molecule has 7 nitrogen and oxygen atoms in total. The fourth-order valence-electron chi connectivity index (χ4n) is 3.85. The molecule has 0 radical (unpaired) electrons. The standard InChI is InChI=1S/C24H37N3O4S/c1-16(2)13-21(27-24(32)25-18-9-7-6-8-10-18)26-22(28)12-11-17-14-19(29-3)23(31-5)20(15-17)30-4/h11-12,14-16,18,21H,6-10,13H2,1-5H3,(H,26,28)(H2,25,27,32). The van der Waals surface area contributed by atoms with Crippen LogP contribution in [0.2, 0.25) is 0 Å². The predicted molar refractivity (Wildman–Crippen MR) is 132 cm³/mol. The molecule has 1 atom stereocenters. The largest absolute Gasteiger partial charge is 0.493 e. The van der Waals surface area contributed by atoms with Gasteiger partial charge in [-0.2, -0.15) is 0 Å². The molecule has 0 spiro atoms. The molecule has 1 saturated carbocycles. The van der Waals surface area contributed by atoms with E-state index in [-0.39, 0.29) is 12.1 Å². The van der Waals surface area contributed by atoms with Crippen LogP contribution in [0.25, 0.3) is 6.08 Å². The van der Waals surface area contributed by atoms with Gasteiger partial charge < -0.3 is 30.2 Å². The zero-order valence-electron chi connectivity index (χ0n) is 19.8. The third-order valence-corrected chi connectivity index (χ3v) is 5.62. The van der Waals surface area contributed by atoms with Gasteiger partial charge in [-0.3, -0.25) is 4.79 Å². The summed E-state index contributed by atoms with van der Waals surface area (Å²) in [6.07, 6.45) is 9.75. The van der Waals surface area contributed by atoms with Crippen molar-refractivity contribution in [3.8, 4) is 17.2 Å². The van der Waals surface area contributed by atoms with Crippen LogP contribution in [0.3, 0.4) is 0 Å². The van der Waals surface area contributed by atoms with Gasteiger partial charge in [-0.05, 0) is 61.2 Å². The summed E-state index contributed by atoms with van der Waals surface area (Å²) in [6, 6.07) is 4.00. The van der Waals surface area contributed by atoms with Crippen LogP contribution in [-0.2, 0) is 4.79 Å². The third-order valence-electron chi connectivity index (χ3n) is 5.38. The highest BCUT2D eigenvalue weighted by atomic mass is 32.1. The number of nitrogens with one attached hydrogen (secondary N) is 3. The first kappa shape index (κ1) is 25.8. The molecule has 178 valence electrons. The highest BCUT2D eigenvalue weighted by molar-refractivity contribution is 7.80. The predicted octanol–water partition coefficient (Wildman–Crippen LogP) is 4.01. The lowest BCUT2D eigenvalue weighted by atomic mass is 9.96. The molecule has 1 fully saturated rings. The molecule has 0 saturated heterocycles. The molecule has 1 aliphatic carbocycles. The van der Waals surface area contributed by atoms with Crippen LogP contribution in [0.15, 0.2) is 18.2 Å². The lowest BCUT2D eigenvalue weighted by molar-refractivity contribution is -0.117. The van der Waals surface area contributed by atoms with Crippen molar-refractivity contribution < 1.29 is 19.0 Å². The first-order valence-electron chi connectivity index (χ1n) is 11.2. The maximum Gasteiger partial charge on any atom is 0.245 e. The Bertz CT molecular complexity index is 766. The number of thiocarbonyl (C=S) groups is 1. The number of benzene rings is 1. The van der Waals surface area contributed by atoms with Crippen LogP contribution in [0.1, 0.15) is 57.9 Å². The lowest BCUT2D eigenvalue weighted by Gasteiger charge is -2.28. The molecule has 2 rings (SSSR count). The van der Waals surface area contributed by atoms with Crippen molar-refractivity contribution in [2.24, 2.45) is 5.92 Å². The van der Waals surface area contributed by atoms with Crippen LogP contribution in [0.4, 0.5) is 0 Å². The van der Waals surface area contributed by atoms with Gasteiger partial charge in [0.05, 0.1) is 21.3 Å². The summed E-state index contributed by atoms with van der Waals surface area (Å²) >= 11 is 5.51. The number of carbonyl (C=O) groups is 1. The molecule has 1 aromatic carbocycles. The summed E-state index contributed by atoms with van der Waals surface area (Å²) in [5.74, 6) is 1.76. The van der Waals surface area contributed by atoms with Gasteiger partial charge in [-0.1, -0.05) is 33.1 Å². The molecule has 3 N–H and O–H groups in total. The first-order valence-corrected chi connectivity index (χ1v) is 11.6. The Hall–Kier alpha value is -2.48. The van der Waals surface area contributed by atoms with Crippen molar-refractivity contribution in [1.29, 1.82) is 0 Å². The Kier molecular flexibility index (Phi) is 10.6. The Morgan fingerprint density at radius 3 is 2.22 bits per heavy atom. The number of hydrogen-bond donors (Lipinski definition) is 3. The second-order valence-corrected chi connectivity index (χ2v) is 8.84. The van der Waals surface area contributed by atoms with E-state index >= 15 is 0 Å². The molecule has 0 aliphatic heterocycles. The van der Waals surface area contributed by atoms with Crippen LogP contribution in [0, 0.1) is 5.92 Å². The van der Waals surface area contributed by atoms with Crippen molar-refractivity contribution in [3.63, 3.8) is 0 Å². The van der Waals surface area contributed by atoms with E-state index in [1.165, 1.54) is 25.3 Å². The summed E-state index contributed by atoms with van der Waals surface area (Å²) in [4.78, 5) is 12.6. The van der Waals surface area contributed by atoms with Crippen molar-refractivity contribution >= 4 is 29.3 Å². The van der Waals surface area contributed by atoms with Gasteiger partial charge in [-0.25, -0.2) is 0 Å². The van der Waals surface area contributed by atoms with Gasteiger partial charge in [0.1, 0.15) is 6.17 Å². The highest BCUT2D eigenvalue weighted by Gasteiger charge is 2.18. The average Bonchev–Trinajstić information content (AvgIpc) is 2.76. The Morgan fingerprint density at radius 2 is 1.69 bits per heavy atom. The summed E-state index contributed by atoms with van der Waals surface area (Å²) in [7, 11) is 4.67. The molecule has 1 aliphatic rings. The number of ether oxygens (including phenoxy) is 3. The minimum Gasteiger partial charge on any atom is -0.493 e. The monoisotopic (exact) mass is 463 g/mol. The van der Waals surface area contributed by atoms with E-state index in [0.29, 0.717) is 34.3 Å². The Labute approximate surface area is 197 Å². The normalized spacial score (nSPS) is 15.3. The third kappa shape index (κ3) is 8.22. The van der Waals surface area contributed by atoms with E-state index in [9.17, 15) is 4.79 Å². The minimum atomic E-state index is -0.254. The van der Waals surface area contributed by atoms with Crippen molar-refractivity contribution in [2.75, 3.05) is 21.3 Å². The Balaban J connectivity index is 2.01. The number of amides is 1. The second-order valence-electron chi connectivity index (χ2n) is 8.44. The summed E-state index contributed by atoms with van der Waals surface area (Å²) in [6.45, 7) is 4.23. The molecular weight excluding hydrogens is 426 g/mol.